The summed E-state index contributed by atoms with van der Waals surface area (Å²) in [6.07, 6.45) is 0. The maximum Gasteiger partial charge on any atom is 0.289 e. The molecule has 25 heavy (non-hydrogen) atoms. The number of nitriles is 1. The summed E-state index contributed by atoms with van der Waals surface area (Å²) in [5.41, 5.74) is 3.27. The fourth-order valence-electron chi connectivity index (χ4n) is 2.39. The molecule has 0 aliphatic heterocycles. The van der Waals surface area contributed by atoms with Crippen LogP contribution < -0.4 is 5.56 Å². The van der Waals surface area contributed by atoms with Crippen LogP contribution in [0.1, 0.15) is 22.3 Å². The maximum absolute atomic E-state index is 12.6. The summed E-state index contributed by atoms with van der Waals surface area (Å²) in [5, 5.41) is 14.6. The number of aryl methyl sites for hydroxylation is 2. The van der Waals surface area contributed by atoms with Gasteiger partial charge >= 0.3 is 0 Å². The first-order valence-corrected chi connectivity index (χ1v) is 8.67. The largest absolute Gasteiger partial charge is 0.289 e. The molecule has 0 N–H and O–H groups in total. The second kappa shape index (κ2) is 6.96. The van der Waals surface area contributed by atoms with E-state index in [1.807, 2.05) is 68.4 Å². The summed E-state index contributed by atoms with van der Waals surface area (Å²) in [7, 11) is 0. The lowest BCUT2D eigenvalue weighted by molar-refractivity contribution is 0.738. The van der Waals surface area contributed by atoms with Gasteiger partial charge in [0.15, 0.2) is 0 Å². The molecule has 0 radical (unpaired) electrons. The third-order valence-corrected chi connectivity index (χ3v) is 5.01. The average Bonchev–Trinajstić information content (AvgIpc) is 2.61. The predicted octanol–water partition coefficient (Wildman–Crippen LogP) is 4.18. The standard InChI is InChI=1S/C20H17N3OS/c1-13-4-8-16(9-5-13)23-20(24)18(12-21)15(3)19(22-23)25-17-10-6-14(2)7-11-17/h4-11H,1-3H3. The summed E-state index contributed by atoms with van der Waals surface area (Å²) in [6, 6.07) is 17.6. The number of hydrogen-bond acceptors (Lipinski definition) is 4. The van der Waals surface area contributed by atoms with E-state index < -0.39 is 5.56 Å². The molecule has 0 aliphatic carbocycles. The van der Waals surface area contributed by atoms with Gasteiger partial charge in [-0.3, -0.25) is 4.79 Å². The minimum atomic E-state index is -0.392. The summed E-state index contributed by atoms with van der Waals surface area (Å²) < 4.78 is 1.31. The number of hydrogen-bond donors (Lipinski definition) is 0. The lowest BCUT2D eigenvalue weighted by Crippen LogP contribution is -2.25. The Hall–Kier alpha value is -2.84. The van der Waals surface area contributed by atoms with Crippen molar-refractivity contribution >= 4 is 11.8 Å². The third-order valence-electron chi connectivity index (χ3n) is 3.92. The molecule has 124 valence electrons. The van der Waals surface area contributed by atoms with E-state index in [-0.39, 0.29) is 5.56 Å². The normalized spacial score (nSPS) is 10.5. The molecule has 0 amide bonds. The highest BCUT2D eigenvalue weighted by Crippen LogP contribution is 2.29. The zero-order valence-electron chi connectivity index (χ0n) is 14.3. The lowest BCUT2D eigenvalue weighted by Gasteiger charge is -2.11. The maximum atomic E-state index is 12.6. The minimum absolute atomic E-state index is 0.130. The van der Waals surface area contributed by atoms with Crippen LogP contribution in [0.25, 0.3) is 5.69 Å². The van der Waals surface area contributed by atoms with Crippen LogP contribution in [0.5, 0.6) is 0 Å². The van der Waals surface area contributed by atoms with E-state index in [1.165, 1.54) is 22.0 Å². The van der Waals surface area contributed by atoms with Crippen molar-refractivity contribution in [2.24, 2.45) is 0 Å². The van der Waals surface area contributed by atoms with E-state index >= 15 is 0 Å². The highest BCUT2D eigenvalue weighted by Gasteiger charge is 2.16. The summed E-state index contributed by atoms with van der Waals surface area (Å²) in [6.45, 7) is 5.78. The van der Waals surface area contributed by atoms with Crippen LogP contribution in [0.15, 0.2) is 63.2 Å². The van der Waals surface area contributed by atoms with Gasteiger partial charge in [0.1, 0.15) is 16.7 Å². The summed E-state index contributed by atoms with van der Waals surface area (Å²) in [5.74, 6) is 0. The average molecular weight is 347 g/mol. The molecule has 0 saturated carbocycles. The smallest absolute Gasteiger partial charge is 0.266 e. The third kappa shape index (κ3) is 3.49. The van der Waals surface area contributed by atoms with Gasteiger partial charge in [-0.15, -0.1) is 0 Å². The second-order valence-electron chi connectivity index (χ2n) is 5.88. The topological polar surface area (TPSA) is 58.7 Å². The van der Waals surface area contributed by atoms with Crippen molar-refractivity contribution in [2.75, 3.05) is 0 Å². The molecule has 2 aromatic carbocycles. The molecule has 1 heterocycles. The van der Waals surface area contributed by atoms with E-state index in [4.69, 9.17) is 0 Å². The van der Waals surface area contributed by atoms with E-state index in [0.29, 0.717) is 16.3 Å². The number of rotatable bonds is 3. The van der Waals surface area contributed by atoms with Crippen molar-refractivity contribution in [3.05, 3.63) is 81.1 Å². The van der Waals surface area contributed by atoms with Crippen molar-refractivity contribution in [1.82, 2.24) is 9.78 Å². The number of benzene rings is 2. The van der Waals surface area contributed by atoms with Crippen LogP contribution in [-0.2, 0) is 0 Å². The SMILES string of the molecule is Cc1ccc(Sc2nn(-c3ccc(C)cc3)c(=O)c(C#N)c2C)cc1. The van der Waals surface area contributed by atoms with Gasteiger partial charge in [0.05, 0.1) is 5.69 Å². The Bertz CT molecular complexity index is 1010. The Morgan fingerprint density at radius 2 is 1.52 bits per heavy atom. The summed E-state index contributed by atoms with van der Waals surface area (Å²) in [4.78, 5) is 13.6. The highest BCUT2D eigenvalue weighted by atomic mass is 32.2. The zero-order chi connectivity index (χ0) is 18.0. The highest BCUT2D eigenvalue weighted by molar-refractivity contribution is 7.99. The molecule has 0 bridgehead atoms. The monoisotopic (exact) mass is 347 g/mol. The Balaban J connectivity index is 2.14. The van der Waals surface area contributed by atoms with Crippen LogP contribution in [0.4, 0.5) is 0 Å². The van der Waals surface area contributed by atoms with Crippen LogP contribution >= 0.6 is 11.8 Å². The molecule has 0 unspecified atom stereocenters. The van der Waals surface area contributed by atoms with Gasteiger partial charge in [-0.1, -0.05) is 47.2 Å². The van der Waals surface area contributed by atoms with Crippen LogP contribution in [-0.4, -0.2) is 9.78 Å². The molecule has 0 saturated heterocycles. The van der Waals surface area contributed by atoms with Gasteiger partial charge in [-0.2, -0.15) is 15.0 Å². The Kier molecular flexibility index (Phi) is 4.73. The van der Waals surface area contributed by atoms with Crippen molar-refractivity contribution in [3.8, 4) is 11.8 Å². The van der Waals surface area contributed by atoms with Gasteiger partial charge in [-0.05, 0) is 45.0 Å². The van der Waals surface area contributed by atoms with E-state index in [0.717, 1.165) is 10.5 Å². The zero-order valence-corrected chi connectivity index (χ0v) is 15.1. The first-order chi connectivity index (χ1) is 12.0. The molecule has 0 fully saturated rings. The molecule has 3 aromatic rings. The first-order valence-electron chi connectivity index (χ1n) is 7.85. The minimum Gasteiger partial charge on any atom is -0.266 e. The summed E-state index contributed by atoms with van der Waals surface area (Å²) >= 11 is 1.45. The van der Waals surface area contributed by atoms with Gasteiger partial charge in [0.25, 0.3) is 5.56 Å². The molecule has 4 nitrogen and oxygen atoms in total. The van der Waals surface area contributed by atoms with Crippen molar-refractivity contribution < 1.29 is 0 Å². The Morgan fingerprint density at radius 3 is 2.08 bits per heavy atom. The molecule has 5 heteroatoms. The van der Waals surface area contributed by atoms with Crippen LogP contribution in [0.2, 0.25) is 0 Å². The van der Waals surface area contributed by atoms with Crippen LogP contribution in [0.3, 0.4) is 0 Å². The molecule has 3 rings (SSSR count). The molecule has 0 aliphatic rings. The fourth-order valence-corrected chi connectivity index (χ4v) is 3.27. The van der Waals surface area contributed by atoms with Gasteiger partial charge in [0.2, 0.25) is 0 Å². The van der Waals surface area contributed by atoms with E-state index in [1.54, 1.807) is 6.92 Å². The second-order valence-corrected chi connectivity index (χ2v) is 6.95. The fraction of sp³-hybridized carbons (Fsp3) is 0.150. The van der Waals surface area contributed by atoms with Crippen molar-refractivity contribution in [1.29, 1.82) is 5.26 Å². The van der Waals surface area contributed by atoms with Gasteiger partial charge in [0, 0.05) is 10.5 Å². The molecular formula is C20H17N3OS. The Morgan fingerprint density at radius 1 is 0.960 bits per heavy atom. The molecule has 0 atom stereocenters. The number of aromatic nitrogens is 2. The number of nitrogens with zero attached hydrogens (tertiary/aromatic N) is 3. The first kappa shape index (κ1) is 17.0. The van der Waals surface area contributed by atoms with Crippen molar-refractivity contribution in [2.45, 2.75) is 30.7 Å². The van der Waals surface area contributed by atoms with E-state index in [2.05, 4.69) is 5.10 Å². The molecule has 0 spiro atoms. The van der Waals surface area contributed by atoms with Gasteiger partial charge in [-0.25, -0.2) is 0 Å². The molecular weight excluding hydrogens is 330 g/mol. The quantitative estimate of drug-likeness (QED) is 0.713. The molecule has 1 aromatic heterocycles. The van der Waals surface area contributed by atoms with Crippen LogP contribution in [0, 0.1) is 32.1 Å². The Labute approximate surface area is 150 Å². The van der Waals surface area contributed by atoms with Gasteiger partial charge < -0.3 is 0 Å². The predicted molar refractivity (Wildman–Crippen MR) is 99.3 cm³/mol. The van der Waals surface area contributed by atoms with Crippen molar-refractivity contribution in [3.63, 3.8) is 0 Å². The van der Waals surface area contributed by atoms with E-state index in [9.17, 15) is 10.1 Å². The lowest BCUT2D eigenvalue weighted by atomic mass is 10.2.